The van der Waals surface area contributed by atoms with Crippen molar-refractivity contribution in [2.45, 2.75) is 18.7 Å². The molecule has 0 radical (unpaired) electrons. The lowest BCUT2D eigenvalue weighted by Crippen LogP contribution is -2.46. The molecular weight excluding hydrogens is 397 g/mol. The van der Waals surface area contributed by atoms with E-state index in [0.29, 0.717) is 18.7 Å². The molecule has 1 aliphatic rings. The van der Waals surface area contributed by atoms with Gasteiger partial charge in [0.2, 0.25) is 11.8 Å². The molecule has 2 amide bonds. The van der Waals surface area contributed by atoms with E-state index in [0.717, 1.165) is 17.7 Å². The fraction of sp³-hybridized carbons (Fsp3) is 0.273. The van der Waals surface area contributed by atoms with Gasteiger partial charge in [0.1, 0.15) is 5.75 Å². The first-order valence-corrected chi connectivity index (χ1v) is 9.38. The molecular formula is C22H21F3N2O3. The number of nitrogens with one attached hydrogen (secondary N) is 1. The molecule has 2 aromatic carbocycles. The number of hydrogen-bond acceptors (Lipinski definition) is 3. The summed E-state index contributed by atoms with van der Waals surface area (Å²) >= 11 is 0. The van der Waals surface area contributed by atoms with Gasteiger partial charge in [0, 0.05) is 24.7 Å². The molecule has 8 heteroatoms. The number of carbonyl (C=O) groups is 2. The minimum absolute atomic E-state index is 0.0119. The van der Waals surface area contributed by atoms with Crippen LogP contribution >= 0.6 is 0 Å². The van der Waals surface area contributed by atoms with Gasteiger partial charge in [-0.15, -0.1) is 13.2 Å². The largest absolute Gasteiger partial charge is 0.573 e. The van der Waals surface area contributed by atoms with E-state index in [2.05, 4.69) is 16.6 Å². The molecule has 158 valence electrons. The maximum Gasteiger partial charge on any atom is 0.573 e. The summed E-state index contributed by atoms with van der Waals surface area (Å²) < 4.78 is 40.6. The number of hydrogen-bond donors (Lipinski definition) is 1. The monoisotopic (exact) mass is 418 g/mol. The molecule has 5 nitrogen and oxygen atoms in total. The Hall–Kier alpha value is -3.29. The van der Waals surface area contributed by atoms with Crippen LogP contribution in [0.2, 0.25) is 0 Å². The van der Waals surface area contributed by atoms with Gasteiger partial charge in [0.25, 0.3) is 0 Å². The Balaban J connectivity index is 1.71. The van der Waals surface area contributed by atoms with Gasteiger partial charge in [0.15, 0.2) is 0 Å². The Morgan fingerprint density at radius 2 is 1.73 bits per heavy atom. The molecule has 2 unspecified atom stereocenters. The van der Waals surface area contributed by atoms with Crippen molar-refractivity contribution in [3.05, 3.63) is 72.8 Å². The number of anilines is 1. The number of ether oxygens (including phenoxy) is 1. The first kappa shape index (κ1) is 21.4. The van der Waals surface area contributed by atoms with Crippen LogP contribution in [0.15, 0.2) is 67.3 Å². The summed E-state index contributed by atoms with van der Waals surface area (Å²) in [6, 6.07) is 14.6. The molecule has 1 aliphatic heterocycles. The zero-order valence-corrected chi connectivity index (χ0v) is 16.1. The van der Waals surface area contributed by atoms with Crippen molar-refractivity contribution in [3.63, 3.8) is 0 Å². The second kappa shape index (κ2) is 9.02. The zero-order valence-electron chi connectivity index (χ0n) is 16.1. The summed E-state index contributed by atoms with van der Waals surface area (Å²) in [4.78, 5) is 26.6. The fourth-order valence-electron chi connectivity index (χ4n) is 3.55. The van der Waals surface area contributed by atoms with Gasteiger partial charge in [0.05, 0.1) is 5.92 Å². The van der Waals surface area contributed by atoms with Crippen molar-refractivity contribution in [3.8, 4) is 5.75 Å². The third kappa shape index (κ3) is 5.62. The lowest BCUT2D eigenvalue weighted by Gasteiger charge is -2.37. The molecule has 30 heavy (non-hydrogen) atoms. The molecule has 2 aromatic rings. The second-order valence-electron chi connectivity index (χ2n) is 7.05. The van der Waals surface area contributed by atoms with Crippen molar-refractivity contribution in [1.82, 2.24) is 4.90 Å². The van der Waals surface area contributed by atoms with Crippen LogP contribution in [0.4, 0.5) is 18.9 Å². The van der Waals surface area contributed by atoms with Crippen LogP contribution in [-0.2, 0) is 9.59 Å². The molecule has 3 rings (SSSR count). The molecule has 1 heterocycles. The zero-order chi connectivity index (χ0) is 21.7. The first-order chi connectivity index (χ1) is 14.2. The van der Waals surface area contributed by atoms with Crippen LogP contribution in [0, 0.1) is 5.92 Å². The van der Waals surface area contributed by atoms with Crippen molar-refractivity contribution >= 4 is 17.5 Å². The fourth-order valence-corrected chi connectivity index (χ4v) is 3.55. The summed E-state index contributed by atoms with van der Waals surface area (Å²) in [6.07, 6.45) is -3.01. The topological polar surface area (TPSA) is 58.6 Å². The van der Waals surface area contributed by atoms with E-state index < -0.39 is 12.3 Å². The lowest BCUT2D eigenvalue weighted by atomic mass is 9.84. The van der Waals surface area contributed by atoms with Crippen molar-refractivity contribution < 1.29 is 27.5 Å². The number of benzene rings is 2. The smallest absolute Gasteiger partial charge is 0.406 e. The van der Waals surface area contributed by atoms with E-state index in [-0.39, 0.29) is 30.0 Å². The summed E-state index contributed by atoms with van der Waals surface area (Å²) in [5.41, 5.74) is 1.38. The molecule has 0 aromatic heterocycles. The average molecular weight is 418 g/mol. The number of carbonyl (C=O) groups excluding carboxylic acids is 2. The molecule has 0 aliphatic carbocycles. The van der Waals surface area contributed by atoms with Gasteiger partial charge in [-0.1, -0.05) is 36.9 Å². The van der Waals surface area contributed by atoms with Crippen molar-refractivity contribution in [1.29, 1.82) is 0 Å². The SMILES string of the molecule is C=CC(=O)N1CC(C(=O)Nc2ccc(OC(F)(F)F)cc2)CC(c2ccccc2)C1. The number of halogens is 3. The molecule has 2 atom stereocenters. The van der Waals surface area contributed by atoms with Gasteiger partial charge in [-0.25, -0.2) is 0 Å². The normalized spacial score (nSPS) is 19.1. The Morgan fingerprint density at radius 3 is 2.33 bits per heavy atom. The number of piperidine rings is 1. The molecule has 0 bridgehead atoms. The van der Waals surface area contributed by atoms with Gasteiger partial charge in [-0.2, -0.15) is 0 Å². The van der Waals surface area contributed by atoms with Gasteiger partial charge < -0.3 is 15.0 Å². The number of nitrogens with zero attached hydrogens (tertiary/aromatic N) is 1. The van der Waals surface area contributed by atoms with Crippen molar-refractivity contribution in [2.24, 2.45) is 5.92 Å². The minimum Gasteiger partial charge on any atom is -0.406 e. The summed E-state index contributed by atoms with van der Waals surface area (Å²) in [6.45, 7) is 4.25. The molecule has 1 N–H and O–H groups in total. The molecule has 1 fully saturated rings. The number of amides is 2. The highest BCUT2D eigenvalue weighted by molar-refractivity contribution is 5.94. The Morgan fingerprint density at radius 1 is 1.07 bits per heavy atom. The van der Waals surface area contributed by atoms with E-state index in [9.17, 15) is 22.8 Å². The van der Waals surface area contributed by atoms with Crippen LogP contribution in [0.5, 0.6) is 5.75 Å². The number of likely N-dealkylation sites (tertiary alicyclic amines) is 1. The number of alkyl halides is 3. The van der Waals surface area contributed by atoms with Crippen LogP contribution in [0.1, 0.15) is 17.9 Å². The molecule has 1 saturated heterocycles. The van der Waals surface area contributed by atoms with Gasteiger partial charge in [-0.3, -0.25) is 9.59 Å². The molecule has 0 saturated carbocycles. The predicted octanol–water partition coefficient (Wildman–Crippen LogP) is 4.34. The Labute approximate surface area is 172 Å². The average Bonchev–Trinajstić information content (AvgIpc) is 2.73. The van der Waals surface area contributed by atoms with Crippen LogP contribution in [0.25, 0.3) is 0 Å². The standard InChI is InChI=1S/C22H21F3N2O3/c1-2-20(28)27-13-16(15-6-4-3-5-7-15)12-17(14-27)21(29)26-18-8-10-19(11-9-18)30-22(23,24)25/h2-11,16-17H,1,12-14H2,(H,26,29). The first-order valence-electron chi connectivity index (χ1n) is 9.38. The van der Waals surface area contributed by atoms with Crippen molar-refractivity contribution in [2.75, 3.05) is 18.4 Å². The third-order valence-electron chi connectivity index (χ3n) is 4.93. The summed E-state index contributed by atoms with van der Waals surface area (Å²) in [5.74, 6) is -1.41. The maximum atomic E-state index is 12.8. The van der Waals surface area contributed by atoms with E-state index in [4.69, 9.17) is 0 Å². The van der Waals surface area contributed by atoms with Crippen LogP contribution in [-0.4, -0.2) is 36.2 Å². The van der Waals surface area contributed by atoms with Crippen LogP contribution < -0.4 is 10.1 Å². The number of rotatable bonds is 5. The van der Waals surface area contributed by atoms with Gasteiger partial charge in [-0.05, 0) is 42.3 Å². The summed E-state index contributed by atoms with van der Waals surface area (Å²) in [5, 5.41) is 2.71. The Bertz CT molecular complexity index is 898. The quantitative estimate of drug-likeness (QED) is 0.735. The highest BCUT2D eigenvalue weighted by Gasteiger charge is 2.34. The highest BCUT2D eigenvalue weighted by atomic mass is 19.4. The third-order valence-corrected chi connectivity index (χ3v) is 4.93. The van der Waals surface area contributed by atoms with E-state index in [1.54, 1.807) is 4.90 Å². The summed E-state index contributed by atoms with van der Waals surface area (Å²) in [7, 11) is 0. The van der Waals surface area contributed by atoms with E-state index in [1.165, 1.54) is 18.2 Å². The van der Waals surface area contributed by atoms with E-state index in [1.807, 2.05) is 30.3 Å². The minimum atomic E-state index is -4.78. The maximum absolute atomic E-state index is 12.8. The molecule has 0 spiro atoms. The van der Waals surface area contributed by atoms with Crippen LogP contribution in [0.3, 0.4) is 0 Å². The predicted molar refractivity (Wildman–Crippen MR) is 106 cm³/mol. The van der Waals surface area contributed by atoms with E-state index >= 15 is 0 Å². The highest BCUT2D eigenvalue weighted by Crippen LogP contribution is 2.31. The lowest BCUT2D eigenvalue weighted by molar-refractivity contribution is -0.274. The van der Waals surface area contributed by atoms with Gasteiger partial charge >= 0.3 is 6.36 Å². The second-order valence-corrected chi connectivity index (χ2v) is 7.05. The Kier molecular flexibility index (Phi) is 6.44.